The zero-order valence-electron chi connectivity index (χ0n) is 12.3. The SMILES string of the molecule is N#CCCCSc1nc2ccccc2n1C1CCCCC1. The van der Waals surface area contributed by atoms with Crippen LogP contribution >= 0.6 is 11.8 Å². The number of nitrogens with zero attached hydrogens (tertiary/aromatic N) is 3. The maximum Gasteiger partial charge on any atom is 0.169 e. The van der Waals surface area contributed by atoms with Gasteiger partial charge in [-0.15, -0.1) is 0 Å². The van der Waals surface area contributed by atoms with Crippen molar-refractivity contribution in [2.75, 3.05) is 5.75 Å². The molecule has 0 spiro atoms. The lowest BCUT2D eigenvalue weighted by Crippen LogP contribution is -2.13. The molecule has 1 aromatic heterocycles. The van der Waals surface area contributed by atoms with Crippen LogP contribution in [0.4, 0.5) is 0 Å². The van der Waals surface area contributed by atoms with Gasteiger partial charge in [0.15, 0.2) is 5.16 Å². The number of imidazole rings is 1. The van der Waals surface area contributed by atoms with Gasteiger partial charge in [-0.3, -0.25) is 0 Å². The van der Waals surface area contributed by atoms with Gasteiger partial charge in [0.25, 0.3) is 0 Å². The second-order valence-corrected chi connectivity index (χ2v) is 6.72. The van der Waals surface area contributed by atoms with Crippen molar-refractivity contribution in [1.29, 1.82) is 5.26 Å². The van der Waals surface area contributed by atoms with Gasteiger partial charge in [0.1, 0.15) is 0 Å². The first-order valence-electron chi connectivity index (χ1n) is 7.87. The van der Waals surface area contributed by atoms with Crippen LogP contribution in [-0.2, 0) is 0 Å². The van der Waals surface area contributed by atoms with Crippen molar-refractivity contribution in [3.8, 4) is 6.07 Å². The average Bonchev–Trinajstić information content (AvgIpc) is 2.90. The summed E-state index contributed by atoms with van der Waals surface area (Å²) in [5.74, 6) is 0.976. The Morgan fingerprint density at radius 2 is 2.05 bits per heavy atom. The summed E-state index contributed by atoms with van der Waals surface area (Å²) >= 11 is 1.81. The highest BCUT2D eigenvalue weighted by Crippen LogP contribution is 2.35. The average molecular weight is 299 g/mol. The Kier molecular flexibility index (Phi) is 4.82. The minimum absolute atomic E-state index is 0.601. The van der Waals surface area contributed by atoms with Gasteiger partial charge in [-0.1, -0.05) is 43.2 Å². The van der Waals surface area contributed by atoms with E-state index in [0.29, 0.717) is 12.5 Å². The summed E-state index contributed by atoms with van der Waals surface area (Å²) in [5, 5.41) is 9.80. The molecule has 0 saturated heterocycles. The summed E-state index contributed by atoms with van der Waals surface area (Å²) in [4.78, 5) is 4.83. The summed E-state index contributed by atoms with van der Waals surface area (Å²) < 4.78 is 2.46. The van der Waals surface area contributed by atoms with Crippen LogP contribution in [0, 0.1) is 11.3 Å². The Hall–Kier alpha value is -1.47. The molecule has 0 amide bonds. The number of hydrogen-bond donors (Lipinski definition) is 0. The van der Waals surface area contributed by atoms with Crippen LogP contribution in [0.15, 0.2) is 29.4 Å². The van der Waals surface area contributed by atoms with E-state index in [4.69, 9.17) is 10.2 Å². The van der Waals surface area contributed by atoms with Crippen molar-refractivity contribution >= 4 is 22.8 Å². The smallest absolute Gasteiger partial charge is 0.169 e. The van der Waals surface area contributed by atoms with E-state index in [1.54, 1.807) is 0 Å². The number of thioether (sulfide) groups is 1. The quantitative estimate of drug-likeness (QED) is 0.580. The normalized spacial score (nSPS) is 16.1. The maximum absolute atomic E-state index is 8.66. The Bertz CT molecular complexity index is 635. The molecule has 110 valence electrons. The molecule has 1 heterocycles. The molecular formula is C17H21N3S. The van der Waals surface area contributed by atoms with E-state index in [9.17, 15) is 0 Å². The molecule has 1 saturated carbocycles. The first kappa shape index (κ1) is 14.5. The lowest BCUT2D eigenvalue weighted by molar-refractivity contribution is 0.343. The molecule has 1 aromatic carbocycles. The predicted molar refractivity (Wildman–Crippen MR) is 87.4 cm³/mol. The van der Waals surface area contributed by atoms with E-state index < -0.39 is 0 Å². The number of unbranched alkanes of at least 4 members (excludes halogenated alkanes) is 1. The van der Waals surface area contributed by atoms with Gasteiger partial charge < -0.3 is 4.57 Å². The number of hydrogen-bond acceptors (Lipinski definition) is 3. The van der Waals surface area contributed by atoms with E-state index in [0.717, 1.165) is 22.8 Å². The third kappa shape index (κ3) is 3.24. The summed E-state index contributed by atoms with van der Waals surface area (Å²) in [7, 11) is 0. The van der Waals surface area contributed by atoms with E-state index in [1.165, 1.54) is 37.6 Å². The second kappa shape index (κ2) is 7.00. The van der Waals surface area contributed by atoms with Crippen molar-refractivity contribution in [2.24, 2.45) is 0 Å². The maximum atomic E-state index is 8.66. The van der Waals surface area contributed by atoms with Crippen LogP contribution in [-0.4, -0.2) is 15.3 Å². The number of para-hydroxylation sites is 2. The highest BCUT2D eigenvalue weighted by molar-refractivity contribution is 7.99. The molecule has 0 atom stereocenters. The van der Waals surface area contributed by atoms with Crippen molar-refractivity contribution in [3.05, 3.63) is 24.3 Å². The molecule has 4 heteroatoms. The molecule has 0 aliphatic heterocycles. The molecule has 0 radical (unpaired) electrons. The van der Waals surface area contributed by atoms with Gasteiger partial charge in [-0.25, -0.2) is 4.98 Å². The summed E-state index contributed by atoms with van der Waals surface area (Å²) in [6.07, 6.45) is 8.14. The van der Waals surface area contributed by atoms with Crippen LogP contribution in [0.5, 0.6) is 0 Å². The molecule has 0 bridgehead atoms. The van der Waals surface area contributed by atoms with Gasteiger partial charge in [-0.2, -0.15) is 5.26 Å². The Morgan fingerprint density at radius 1 is 1.24 bits per heavy atom. The number of rotatable bonds is 5. The molecule has 0 N–H and O–H groups in total. The zero-order valence-corrected chi connectivity index (χ0v) is 13.1. The largest absolute Gasteiger partial charge is 0.316 e. The van der Waals surface area contributed by atoms with Crippen molar-refractivity contribution in [2.45, 2.75) is 56.1 Å². The summed E-state index contributed by atoms with van der Waals surface area (Å²) in [5.41, 5.74) is 2.37. The molecule has 3 nitrogen and oxygen atoms in total. The number of benzene rings is 1. The monoisotopic (exact) mass is 299 g/mol. The van der Waals surface area contributed by atoms with E-state index in [1.807, 2.05) is 11.8 Å². The van der Waals surface area contributed by atoms with Crippen molar-refractivity contribution in [3.63, 3.8) is 0 Å². The van der Waals surface area contributed by atoms with Crippen LogP contribution in [0.3, 0.4) is 0 Å². The highest BCUT2D eigenvalue weighted by atomic mass is 32.2. The third-order valence-electron chi connectivity index (χ3n) is 4.17. The van der Waals surface area contributed by atoms with E-state index >= 15 is 0 Å². The molecule has 1 aliphatic carbocycles. The molecular weight excluding hydrogens is 278 g/mol. The van der Waals surface area contributed by atoms with Gasteiger partial charge >= 0.3 is 0 Å². The highest BCUT2D eigenvalue weighted by Gasteiger charge is 2.21. The molecule has 1 aliphatic rings. The number of nitriles is 1. The van der Waals surface area contributed by atoms with E-state index in [-0.39, 0.29) is 0 Å². The number of fused-ring (bicyclic) bond motifs is 1. The standard InChI is InChI=1S/C17H21N3S/c18-12-6-7-13-21-17-19-15-10-4-5-11-16(15)20(17)14-8-2-1-3-9-14/h4-5,10-11,14H,1-3,6-9,13H2. The van der Waals surface area contributed by atoms with Crippen LogP contribution in [0.1, 0.15) is 51.0 Å². The molecule has 1 fully saturated rings. The van der Waals surface area contributed by atoms with Crippen molar-refractivity contribution in [1.82, 2.24) is 9.55 Å². The van der Waals surface area contributed by atoms with Crippen LogP contribution in [0.25, 0.3) is 11.0 Å². The fraction of sp³-hybridized carbons (Fsp3) is 0.529. The predicted octanol–water partition coefficient (Wildman–Crippen LogP) is 4.94. The zero-order chi connectivity index (χ0) is 14.5. The molecule has 2 aromatic rings. The Balaban J connectivity index is 1.88. The summed E-state index contributed by atoms with van der Waals surface area (Å²) in [6.45, 7) is 0. The molecule has 0 unspecified atom stereocenters. The van der Waals surface area contributed by atoms with E-state index in [2.05, 4.69) is 34.9 Å². The van der Waals surface area contributed by atoms with Gasteiger partial charge in [-0.05, 0) is 31.4 Å². The summed E-state index contributed by atoms with van der Waals surface area (Å²) in [6, 6.07) is 11.3. The van der Waals surface area contributed by atoms with Crippen LogP contribution in [0.2, 0.25) is 0 Å². The second-order valence-electron chi connectivity index (χ2n) is 5.66. The van der Waals surface area contributed by atoms with Gasteiger partial charge in [0.2, 0.25) is 0 Å². The third-order valence-corrected chi connectivity index (χ3v) is 5.21. The lowest BCUT2D eigenvalue weighted by atomic mass is 9.95. The molecule has 3 rings (SSSR count). The Labute approximate surface area is 130 Å². The van der Waals surface area contributed by atoms with Crippen LogP contribution < -0.4 is 0 Å². The van der Waals surface area contributed by atoms with Gasteiger partial charge in [0.05, 0.1) is 17.1 Å². The topological polar surface area (TPSA) is 41.6 Å². The first-order valence-corrected chi connectivity index (χ1v) is 8.85. The first-order chi connectivity index (χ1) is 10.4. The van der Waals surface area contributed by atoms with Crippen molar-refractivity contribution < 1.29 is 0 Å². The molecule has 21 heavy (non-hydrogen) atoms. The number of aromatic nitrogens is 2. The van der Waals surface area contributed by atoms with Gasteiger partial charge in [0, 0.05) is 18.2 Å². The minimum atomic E-state index is 0.601. The Morgan fingerprint density at radius 3 is 2.86 bits per heavy atom. The minimum Gasteiger partial charge on any atom is -0.316 e. The fourth-order valence-corrected chi connectivity index (χ4v) is 4.15. The fourth-order valence-electron chi connectivity index (χ4n) is 3.13. The lowest BCUT2D eigenvalue weighted by Gasteiger charge is -2.25.